The second kappa shape index (κ2) is 6.49. The summed E-state index contributed by atoms with van der Waals surface area (Å²) in [4.78, 5) is 26.9. The number of hydrogen-bond acceptors (Lipinski definition) is 4. The molecule has 2 aliphatic heterocycles. The van der Waals surface area contributed by atoms with E-state index < -0.39 is 0 Å². The van der Waals surface area contributed by atoms with Crippen molar-refractivity contribution in [1.82, 2.24) is 9.47 Å². The van der Waals surface area contributed by atoms with Crippen LogP contribution in [0, 0.1) is 18.3 Å². The third kappa shape index (κ3) is 2.72. The average Bonchev–Trinajstić information content (AvgIpc) is 3.25. The Bertz CT molecular complexity index is 939. The molecule has 2 bridgehead atoms. The van der Waals surface area contributed by atoms with Crippen molar-refractivity contribution in [3.05, 3.63) is 51.8 Å². The molecule has 1 aromatic carbocycles. The van der Waals surface area contributed by atoms with Gasteiger partial charge in [-0.3, -0.25) is 14.5 Å². The van der Waals surface area contributed by atoms with Gasteiger partial charge in [0.05, 0.1) is 28.8 Å². The molecule has 2 unspecified atom stereocenters. The van der Waals surface area contributed by atoms with Crippen LogP contribution < -0.4 is 0 Å². The van der Waals surface area contributed by atoms with Gasteiger partial charge < -0.3 is 4.57 Å². The molecule has 2 fully saturated rings. The Labute approximate surface area is 160 Å². The molecule has 1 aromatic heterocycles. The summed E-state index contributed by atoms with van der Waals surface area (Å²) in [6, 6.07) is 11.4. The van der Waals surface area contributed by atoms with E-state index in [0.717, 1.165) is 28.8 Å². The maximum Gasteiger partial charge on any atom is 0.178 e. The Balaban J connectivity index is 1.61. The van der Waals surface area contributed by atoms with E-state index in [9.17, 15) is 9.59 Å². The Morgan fingerprint density at radius 2 is 2.04 bits per heavy atom. The molecule has 6 heteroatoms. The first kappa shape index (κ1) is 17.2. The second-order valence-electron chi connectivity index (χ2n) is 6.97. The lowest BCUT2D eigenvalue weighted by molar-refractivity contribution is -0.120. The third-order valence-corrected chi connectivity index (χ3v) is 6.12. The van der Waals surface area contributed by atoms with E-state index in [1.807, 2.05) is 29.7 Å². The zero-order chi connectivity index (χ0) is 18.4. The Morgan fingerprint density at radius 3 is 2.62 bits per heavy atom. The van der Waals surface area contributed by atoms with Crippen molar-refractivity contribution in [2.75, 3.05) is 6.54 Å². The highest BCUT2D eigenvalue weighted by Crippen LogP contribution is 2.35. The number of hydrogen-bond donors (Lipinski definition) is 0. The number of nitriles is 1. The summed E-state index contributed by atoms with van der Waals surface area (Å²) in [6.45, 7) is 2.21. The molecule has 2 atom stereocenters. The number of carbonyl (C=O) groups excluding carboxylic acids is 2. The standard InChI is InChI=1S/C20H18BrN3O2/c1-12-16(19(26)11-23-15-6-7-17(23)18(25)8-15)9-20(21)24(12)14-4-2-13(10-22)3-5-14/h2-5,9,15,17H,6-8,11H2,1H3. The number of carbonyl (C=O) groups is 2. The van der Waals surface area contributed by atoms with Crippen molar-refractivity contribution in [2.24, 2.45) is 0 Å². The lowest BCUT2D eigenvalue weighted by atomic mass is 10.00. The monoisotopic (exact) mass is 411 g/mol. The highest BCUT2D eigenvalue weighted by molar-refractivity contribution is 9.10. The maximum absolute atomic E-state index is 12.9. The van der Waals surface area contributed by atoms with Crippen LogP contribution in [0.15, 0.2) is 34.9 Å². The van der Waals surface area contributed by atoms with Crippen LogP contribution in [0.4, 0.5) is 0 Å². The predicted octanol–water partition coefficient (Wildman–Crippen LogP) is 3.41. The van der Waals surface area contributed by atoms with Crippen LogP contribution >= 0.6 is 15.9 Å². The Hall–Kier alpha value is -2.23. The molecule has 132 valence electrons. The SMILES string of the molecule is Cc1c(C(=O)CN2C3CCC2C(=O)C3)cc(Br)n1-c1ccc(C#N)cc1. The van der Waals surface area contributed by atoms with Crippen LogP contribution in [-0.2, 0) is 4.79 Å². The molecule has 3 heterocycles. The second-order valence-corrected chi connectivity index (χ2v) is 7.79. The van der Waals surface area contributed by atoms with Crippen molar-refractivity contribution in [1.29, 1.82) is 5.26 Å². The fourth-order valence-corrected chi connectivity index (χ4v) is 4.91. The molecule has 0 radical (unpaired) electrons. The van der Waals surface area contributed by atoms with Gasteiger partial charge in [0, 0.05) is 29.4 Å². The van der Waals surface area contributed by atoms with Crippen LogP contribution in [0.1, 0.15) is 40.9 Å². The van der Waals surface area contributed by atoms with Gasteiger partial charge in [0.2, 0.25) is 0 Å². The fourth-order valence-electron chi connectivity index (χ4n) is 4.21. The minimum absolute atomic E-state index is 0.0437. The van der Waals surface area contributed by atoms with Gasteiger partial charge >= 0.3 is 0 Å². The quantitative estimate of drug-likeness (QED) is 0.722. The first-order valence-electron chi connectivity index (χ1n) is 8.69. The topological polar surface area (TPSA) is 66.1 Å². The summed E-state index contributed by atoms with van der Waals surface area (Å²) in [7, 11) is 0. The predicted molar refractivity (Wildman–Crippen MR) is 100 cm³/mol. The van der Waals surface area contributed by atoms with Gasteiger partial charge in [0.15, 0.2) is 11.6 Å². The zero-order valence-corrected chi connectivity index (χ0v) is 16.0. The molecular formula is C20H18BrN3O2. The molecule has 5 nitrogen and oxygen atoms in total. The molecule has 0 amide bonds. The van der Waals surface area contributed by atoms with Crippen molar-refractivity contribution in [3.8, 4) is 11.8 Å². The van der Waals surface area contributed by atoms with Gasteiger partial charge in [0.1, 0.15) is 0 Å². The first-order chi connectivity index (χ1) is 12.5. The smallest absolute Gasteiger partial charge is 0.178 e. The Kier molecular flexibility index (Phi) is 4.29. The number of fused-ring (bicyclic) bond motifs is 2. The molecular weight excluding hydrogens is 394 g/mol. The first-order valence-corrected chi connectivity index (χ1v) is 9.49. The van der Waals surface area contributed by atoms with Crippen molar-refractivity contribution < 1.29 is 9.59 Å². The van der Waals surface area contributed by atoms with E-state index in [1.54, 1.807) is 12.1 Å². The van der Waals surface area contributed by atoms with Crippen LogP contribution in [0.3, 0.4) is 0 Å². The van der Waals surface area contributed by atoms with E-state index in [0.29, 0.717) is 24.1 Å². The number of halogens is 1. The minimum Gasteiger partial charge on any atom is -0.308 e. The third-order valence-electron chi connectivity index (χ3n) is 5.53. The van der Waals surface area contributed by atoms with E-state index >= 15 is 0 Å². The van der Waals surface area contributed by atoms with Gasteiger partial charge in [-0.15, -0.1) is 0 Å². The molecule has 0 N–H and O–H groups in total. The van der Waals surface area contributed by atoms with E-state index in [2.05, 4.69) is 26.9 Å². The molecule has 0 aliphatic carbocycles. The Morgan fingerprint density at radius 1 is 1.31 bits per heavy atom. The number of nitrogens with zero attached hydrogens (tertiary/aromatic N) is 3. The number of benzene rings is 1. The number of aromatic nitrogens is 1. The number of ketones is 2. The average molecular weight is 412 g/mol. The maximum atomic E-state index is 12.9. The van der Waals surface area contributed by atoms with Crippen LogP contribution in [-0.4, -0.2) is 39.7 Å². The van der Waals surface area contributed by atoms with Crippen LogP contribution in [0.2, 0.25) is 0 Å². The highest BCUT2D eigenvalue weighted by Gasteiger charge is 2.46. The molecule has 2 saturated heterocycles. The molecule has 0 spiro atoms. The summed E-state index contributed by atoms with van der Waals surface area (Å²) in [5.74, 6) is 0.323. The van der Waals surface area contributed by atoms with Gasteiger partial charge in [-0.2, -0.15) is 5.26 Å². The summed E-state index contributed by atoms with van der Waals surface area (Å²) in [6.07, 6.45) is 2.48. The lowest BCUT2D eigenvalue weighted by Gasteiger charge is -2.19. The largest absolute Gasteiger partial charge is 0.308 e. The van der Waals surface area contributed by atoms with E-state index in [4.69, 9.17) is 5.26 Å². The number of Topliss-reactive ketones (excluding diaryl/α,β-unsaturated/α-hetero) is 2. The lowest BCUT2D eigenvalue weighted by Crippen LogP contribution is -2.35. The van der Waals surface area contributed by atoms with Gasteiger partial charge in [0.25, 0.3) is 0 Å². The molecule has 4 rings (SSSR count). The summed E-state index contributed by atoms with van der Waals surface area (Å²) >= 11 is 3.54. The van der Waals surface area contributed by atoms with Gasteiger partial charge in [-0.1, -0.05) is 0 Å². The minimum atomic E-state index is -0.0618. The number of rotatable bonds is 4. The normalized spacial score (nSPS) is 22.0. The van der Waals surface area contributed by atoms with Crippen LogP contribution in [0.5, 0.6) is 0 Å². The molecule has 0 saturated carbocycles. The van der Waals surface area contributed by atoms with Crippen LogP contribution in [0.25, 0.3) is 5.69 Å². The fraction of sp³-hybridized carbons (Fsp3) is 0.350. The zero-order valence-electron chi connectivity index (χ0n) is 14.4. The highest BCUT2D eigenvalue weighted by atomic mass is 79.9. The molecule has 2 aromatic rings. The summed E-state index contributed by atoms with van der Waals surface area (Å²) in [5, 5.41) is 8.95. The molecule has 2 aliphatic rings. The molecule has 26 heavy (non-hydrogen) atoms. The van der Waals surface area contributed by atoms with E-state index in [-0.39, 0.29) is 23.7 Å². The van der Waals surface area contributed by atoms with E-state index in [1.165, 1.54) is 0 Å². The summed E-state index contributed by atoms with van der Waals surface area (Å²) < 4.78 is 2.75. The van der Waals surface area contributed by atoms with Crippen molar-refractivity contribution in [2.45, 2.75) is 38.3 Å². The van der Waals surface area contributed by atoms with Gasteiger partial charge in [-0.25, -0.2) is 0 Å². The van der Waals surface area contributed by atoms with Gasteiger partial charge in [-0.05, 0) is 66.0 Å². The summed E-state index contributed by atoms with van der Waals surface area (Å²) in [5.41, 5.74) is 3.01. The van der Waals surface area contributed by atoms with Crippen molar-refractivity contribution in [3.63, 3.8) is 0 Å². The van der Waals surface area contributed by atoms with Crippen molar-refractivity contribution >= 4 is 27.5 Å².